The molecule has 0 atom stereocenters. The largest absolute Gasteiger partial charge is 0.352 e. The van der Waals surface area contributed by atoms with Gasteiger partial charge in [0.1, 0.15) is 0 Å². The van der Waals surface area contributed by atoms with Crippen molar-refractivity contribution in [3.8, 4) is 11.3 Å². The molecule has 1 aromatic carbocycles. The van der Waals surface area contributed by atoms with Crippen molar-refractivity contribution in [1.82, 2.24) is 15.3 Å². The molecule has 0 unspecified atom stereocenters. The molecular formula is C21H17N3OS. The lowest BCUT2D eigenvalue weighted by molar-refractivity contribution is 0.0955. The fourth-order valence-corrected chi connectivity index (χ4v) is 3.52. The molecule has 4 rings (SSSR count). The van der Waals surface area contributed by atoms with E-state index >= 15 is 0 Å². The predicted molar refractivity (Wildman–Crippen MR) is 105 cm³/mol. The highest BCUT2D eigenvalue weighted by Crippen LogP contribution is 2.26. The highest BCUT2D eigenvalue weighted by molar-refractivity contribution is 7.08. The summed E-state index contributed by atoms with van der Waals surface area (Å²) >= 11 is 1.62. The molecule has 0 bridgehead atoms. The summed E-state index contributed by atoms with van der Waals surface area (Å²) in [5, 5.41) is 7.93. The molecule has 0 aliphatic rings. The molecule has 0 spiro atoms. The molecule has 3 heterocycles. The van der Waals surface area contributed by atoms with Crippen LogP contribution in [0.15, 0.2) is 71.6 Å². The van der Waals surface area contributed by atoms with Crippen LogP contribution in [0.5, 0.6) is 0 Å². The van der Waals surface area contributed by atoms with E-state index < -0.39 is 0 Å². The second-order valence-corrected chi connectivity index (χ2v) is 6.69. The number of pyridine rings is 2. The first kappa shape index (κ1) is 16.4. The summed E-state index contributed by atoms with van der Waals surface area (Å²) < 4.78 is 0. The van der Waals surface area contributed by atoms with Crippen LogP contribution < -0.4 is 5.32 Å². The number of aromatic nitrogens is 2. The third-order valence-corrected chi connectivity index (χ3v) is 4.85. The third kappa shape index (κ3) is 3.48. The molecule has 0 aliphatic carbocycles. The average molecular weight is 359 g/mol. The normalized spacial score (nSPS) is 10.8. The molecule has 1 N–H and O–H groups in total. The molecule has 5 heteroatoms. The topological polar surface area (TPSA) is 54.9 Å². The highest BCUT2D eigenvalue weighted by atomic mass is 32.1. The van der Waals surface area contributed by atoms with Crippen molar-refractivity contribution < 1.29 is 4.79 Å². The number of fused-ring (bicyclic) bond motifs is 1. The van der Waals surface area contributed by atoms with Gasteiger partial charge in [0.05, 0.1) is 16.8 Å². The van der Waals surface area contributed by atoms with Gasteiger partial charge in [0, 0.05) is 41.2 Å². The number of amides is 1. The van der Waals surface area contributed by atoms with Crippen molar-refractivity contribution in [3.63, 3.8) is 0 Å². The van der Waals surface area contributed by atoms with E-state index in [1.165, 1.54) is 0 Å². The molecule has 0 saturated carbocycles. The Morgan fingerprint density at radius 2 is 1.96 bits per heavy atom. The quantitative estimate of drug-likeness (QED) is 0.577. The van der Waals surface area contributed by atoms with E-state index in [2.05, 4.69) is 10.3 Å². The molecule has 4 aromatic rings. The van der Waals surface area contributed by atoms with Gasteiger partial charge in [0.2, 0.25) is 0 Å². The van der Waals surface area contributed by atoms with Crippen molar-refractivity contribution in [2.45, 2.75) is 6.42 Å². The summed E-state index contributed by atoms with van der Waals surface area (Å²) in [4.78, 5) is 21.8. The van der Waals surface area contributed by atoms with Crippen molar-refractivity contribution in [2.75, 3.05) is 6.54 Å². The highest BCUT2D eigenvalue weighted by Gasteiger charge is 2.13. The minimum Gasteiger partial charge on any atom is -0.352 e. The second-order valence-electron chi connectivity index (χ2n) is 5.91. The smallest absolute Gasteiger partial charge is 0.252 e. The number of rotatable bonds is 5. The molecule has 0 saturated heterocycles. The van der Waals surface area contributed by atoms with E-state index in [4.69, 9.17) is 4.98 Å². The van der Waals surface area contributed by atoms with E-state index in [0.29, 0.717) is 18.5 Å². The van der Waals surface area contributed by atoms with E-state index in [1.807, 2.05) is 65.4 Å². The van der Waals surface area contributed by atoms with E-state index in [-0.39, 0.29) is 5.91 Å². The summed E-state index contributed by atoms with van der Waals surface area (Å²) in [5.41, 5.74) is 4.29. The van der Waals surface area contributed by atoms with Crippen LogP contribution in [0.3, 0.4) is 0 Å². The Kier molecular flexibility index (Phi) is 4.71. The molecule has 0 radical (unpaired) electrons. The first-order valence-corrected chi connectivity index (χ1v) is 9.36. The maximum Gasteiger partial charge on any atom is 0.252 e. The van der Waals surface area contributed by atoms with Gasteiger partial charge in [-0.2, -0.15) is 11.3 Å². The monoisotopic (exact) mass is 359 g/mol. The molecule has 0 fully saturated rings. The number of benzene rings is 1. The van der Waals surface area contributed by atoms with Crippen LogP contribution in [0.4, 0.5) is 0 Å². The number of para-hydroxylation sites is 1. The van der Waals surface area contributed by atoms with Gasteiger partial charge in [0.25, 0.3) is 5.91 Å². The molecular weight excluding hydrogens is 342 g/mol. The van der Waals surface area contributed by atoms with Crippen LogP contribution in [0.1, 0.15) is 16.1 Å². The molecule has 26 heavy (non-hydrogen) atoms. The van der Waals surface area contributed by atoms with Crippen LogP contribution in [0.25, 0.3) is 22.2 Å². The Hall–Kier alpha value is -3.05. The summed E-state index contributed by atoms with van der Waals surface area (Å²) in [6.45, 7) is 0.542. The fraction of sp³-hybridized carbons (Fsp3) is 0.0952. The van der Waals surface area contributed by atoms with Gasteiger partial charge in [-0.25, -0.2) is 4.98 Å². The number of nitrogens with one attached hydrogen (secondary N) is 1. The number of hydrogen-bond acceptors (Lipinski definition) is 4. The van der Waals surface area contributed by atoms with Gasteiger partial charge < -0.3 is 5.32 Å². The van der Waals surface area contributed by atoms with Crippen LogP contribution in [0, 0.1) is 0 Å². The van der Waals surface area contributed by atoms with Crippen molar-refractivity contribution >= 4 is 28.1 Å². The van der Waals surface area contributed by atoms with Gasteiger partial charge in [0.15, 0.2) is 0 Å². The second kappa shape index (κ2) is 7.45. The molecule has 1 amide bonds. The van der Waals surface area contributed by atoms with Gasteiger partial charge in [-0.15, -0.1) is 0 Å². The Morgan fingerprint density at radius 1 is 1.08 bits per heavy atom. The first-order chi connectivity index (χ1) is 12.8. The lowest BCUT2D eigenvalue weighted by atomic mass is 10.0. The standard InChI is InChI=1S/C21H17N3OS/c25-21(23-11-8-16-5-3-4-10-22-16)18-13-20(15-9-12-26-14-15)24-19-7-2-1-6-17(18)19/h1-7,9-10,12-14H,8,11H2,(H,23,25). The van der Waals surface area contributed by atoms with Gasteiger partial charge in [-0.3, -0.25) is 9.78 Å². The molecule has 4 nitrogen and oxygen atoms in total. The zero-order valence-electron chi connectivity index (χ0n) is 14.1. The Bertz CT molecular complexity index is 1030. The number of thiophene rings is 1. The van der Waals surface area contributed by atoms with Crippen LogP contribution in [-0.4, -0.2) is 22.4 Å². The summed E-state index contributed by atoms with van der Waals surface area (Å²) in [7, 11) is 0. The van der Waals surface area contributed by atoms with Crippen LogP contribution >= 0.6 is 11.3 Å². The summed E-state index contributed by atoms with van der Waals surface area (Å²) in [5.74, 6) is -0.0870. The average Bonchev–Trinajstić information content (AvgIpc) is 3.23. The van der Waals surface area contributed by atoms with Crippen molar-refractivity contribution in [1.29, 1.82) is 0 Å². The van der Waals surface area contributed by atoms with Crippen molar-refractivity contribution in [3.05, 3.63) is 82.8 Å². The zero-order chi connectivity index (χ0) is 17.8. The molecule has 0 aliphatic heterocycles. The van der Waals surface area contributed by atoms with E-state index in [9.17, 15) is 4.79 Å². The Balaban J connectivity index is 1.61. The van der Waals surface area contributed by atoms with Crippen molar-refractivity contribution in [2.24, 2.45) is 0 Å². The number of carbonyl (C=O) groups excluding carboxylic acids is 1. The van der Waals surface area contributed by atoms with Gasteiger partial charge in [-0.1, -0.05) is 24.3 Å². The SMILES string of the molecule is O=C(NCCc1ccccn1)c1cc(-c2ccsc2)nc2ccccc12. The number of carbonyl (C=O) groups is 1. The maximum absolute atomic E-state index is 12.8. The zero-order valence-corrected chi connectivity index (χ0v) is 14.9. The fourth-order valence-electron chi connectivity index (χ4n) is 2.87. The third-order valence-electron chi connectivity index (χ3n) is 4.17. The minimum atomic E-state index is -0.0870. The van der Waals surface area contributed by atoms with Crippen LogP contribution in [-0.2, 0) is 6.42 Å². The first-order valence-electron chi connectivity index (χ1n) is 8.42. The summed E-state index contributed by atoms with van der Waals surface area (Å²) in [6, 6.07) is 17.4. The maximum atomic E-state index is 12.8. The Labute approximate surface area is 155 Å². The lowest BCUT2D eigenvalue weighted by Crippen LogP contribution is -2.26. The molecule has 3 aromatic heterocycles. The number of hydrogen-bond donors (Lipinski definition) is 1. The van der Waals surface area contributed by atoms with Gasteiger partial charge in [-0.05, 0) is 35.7 Å². The predicted octanol–water partition coefficient (Wildman–Crippen LogP) is 4.33. The lowest BCUT2D eigenvalue weighted by Gasteiger charge is -2.10. The minimum absolute atomic E-state index is 0.0870. The van der Waals surface area contributed by atoms with E-state index in [0.717, 1.165) is 27.9 Å². The van der Waals surface area contributed by atoms with E-state index in [1.54, 1.807) is 17.5 Å². The Morgan fingerprint density at radius 3 is 2.77 bits per heavy atom. The van der Waals surface area contributed by atoms with Gasteiger partial charge >= 0.3 is 0 Å². The molecule has 128 valence electrons. The number of nitrogens with zero attached hydrogens (tertiary/aromatic N) is 2. The summed E-state index contributed by atoms with van der Waals surface area (Å²) in [6.07, 6.45) is 2.47. The van der Waals surface area contributed by atoms with Crippen LogP contribution in [0.2, 0.25) is 0 Å².